The maximum atomic E-state index is 12.0. The van der Waals surface area contributed by atoms with Gasteiger partial charge in [0.1, 0.15) is 5.69 Å². The number of aryl methyl sites for hydroxylation is 1. The van der Waals surface area contributed by atoms with Crippen LogP contribution in [0, 0.1) is 6.92 Å². The van der Waals surface area contributed by atoms with Crippen LogP contribution in [0.1, 0.15) is 42.4 Å². The molecule has 5 heteroatoms. The normalized spacial score (nSPS) is 12.2. The Hall–Kier alpha value is -1.78. The zero-order chi connectivity index (χ0) is 13.7. The van der Waals surface area contributed by atoms with Crippen molar-refractivity contribution in [2.45, 2.75) is 39.2 Å². The number of rotatable bonds is 6. The van der Waals surface area contributed by atoms with E-state index in [0.717, 1.165) is 12.1 Å². The van der Waals surface area contributed by atoms with Gasteiger partial charge in [-0.3, -0.25) is 9.59 Å². The summed E-state index contributed by atoms with van der Waals surface area (Å²) in [6.07, 6.45) is 1.47. The van der Waals surface area contributed by atoms with E-state index >= 15 is 0 Å². The van der Waals surface area contributed by atoms with Crippen molar-refractivity contribution in [3.8, 4) is 0 Å². The Kier molecular flexibility index (Phi) is 4.95. The Morgan fingerprint density at radius 1 is 1.44 bits per heavy atom. The lowest BCUT2D eigenvalue weighted by Crippen LogP contribution is -2.37. The Labute approximate surface area is 107 Å². The van der Waals surface area contributed by atoms with Gasteiger partial charge in [0, 0.05) is 18.8 Å². The van der Waals surface area contributed by atoms with E-state index in [4.69, 9.17) is 5.11 Å². The van der Waals surface area contributed by atoms with E-state index in [1.54, 1.807) is 10.6 Å². The Morgan fingerprint density at radius 2 is 2.11 bits per heavy atom. The van der Waals surface area contributed by atoms with E-state index in [1.807, 2.05) is 27.0 Å². The average Bonchev–Trinajstić information content (AvgIpc) is 2.59. The van der Waals surface area contributed by atoms with Crippen LogP contribution in [0.5, 0.6) is 0 Å². The molecule has 0 fully saturated rings. The SMILES string of the molecule is CCCC(CC(=O)O)NC(=O)c1ccc(C)n1C. The fourth-order valence-electron chi connectivity index (χ4n) is 1.88. The lowest BCUT2D eigenvalue weighted by atomic mass is 10.1. The number of amides is 1. The second-order valence-electron chi connectivity index (χ2n) is 4.48. The van der Waals surface area contributed by atoms with Crippen molar-refractivity contribution < 1.29 is 14.7 Å². The summed E-state index contributed by atoms with van der Waals surface area (Å²) >= 11 is 0. The van der Waals surface area contributed by atoms with Crippen LogP contribution < -0.4 is 5.32 Å². The third-order valence-electron chi connectivity index (χ3n) is 3.00. The third-order valence-corrected chi connectivity index (χ3v) is 3.00. The Morgan fingerprint density at radius 3 is 2.56 bits per heavy atom. The minimum absolute atomic E-state index is 0.0387. The fourth-order valence-corrected chi connectivity index (χ4v) is 1.88. The van der Waals surface area contributed by atoms with Crippen LogP contribution in [0.2, 0.25) is 0 Å². The molecule has 1 aromatic heterocycles. The number of hydrogen-bond acceptors (Lipinski definition) is 2. The van der Waals surface area contributed by atoms with Gasteiger partial charge in [0.15, 0.2) is 0 Å². The number of hydrogen-bond donors (Lipinski definition) is 2. The van der Waals surface area contributed by atoms with Gasteiger partial charge in [-0.15, -0.1) is 0 Å². The molecule has 1 heterocycles. The largest absolute Gasteiger partial charge is 0.481 e. The highest BCUT2D eigenvalue weighted by molar-refractivity contribution is 5.93. The molecular weight excluding hydrogens is 232 g/mol. The fraction of sp³-hybridized carbons (Fsp3) is 0.538. The molecule has 0 aliphatic heterocycles. The van der Waals surface area contributed by atoms with Gasteiger partial charge in [-0.1, -0.05) is 13.3 Å². The number of aromatic nitrogens is 1. The molecule has 0 saturated carbocycles. The maximum Gasteiger partial charge on any atom is 0.305 e. The molecule has 1 atom stereocenters. The van der Waals surface area contributed by atoms with Crippen molar-refractivity contribution in [1.29, 1.82) is 0 Å². The van der Waals surface area contributed by atoms with Crippen LogP contribution >= 0.6 is 0 Å². The molecule has 1 aromatic rings. The van der Waals surface area contributed by atoms with Gasteiger partial charge < -0.3 is 15.0 Å². The summed E-state index contributed by atoms with van der Waals surface area (Å²) in [6.45, 7) is 3.88. The molecule has 1 unspecified atom stereocenters. The standard InChI is InChI=1S/C13H20N2O3/c1-4-5-10(8-12(16)17)14-13(18)11-7-6-9(2)15(11)3/h6-7,10H,4-5,8H2,1-3H3,(H,14,18)(H,16,17). The van der Waals surface area contributed by atoms with Crippen LogP contribution in [-0.2, 0) is 11.8 Å². The summed E-state index contributed by atoms with van der Waals surface area (Å²) in [5.41, 5.74) is 1.55. The molecule has 0 aliphatic carbocycles. The molecule has 18 heavy (non-hydrogen) atoms. The van der Waals surface area contributed by atoms with E-state index in [2.05, 4.69) is 5.32 Å². The summed E-state index contributed by atoms with van der Waals surface area (Å²) in [6, 6.07) is 3.30. The molecule has 0 aromatic carbocycles. The predicted molar refractivity (Wildman–Crippen MR) is 68.6 cm³/mol. The smallest absolute Gasteiger partial charge is 0.305 e. The van der Waals surface area contributed by atoms with Gasteiger partial charge in [-0.05, 0) is 25.5 Å². The maximum absolute atomic E-state index is 12.0. The van der Waals surface area contributed by atoms with Crippen LogP contribution in [0.25, 0.3) is 0 Å². The number of nitrogens with one attached hydrogen (secondary N) is 1. The Bertz CT molecular complexity index is 437. The van der Waals surface area contributed by atoms with Crippen LogP contribution in [0.3, 0.4) is 0 Å². The van der Waals surface area contributed by atoms with Crippen LogP contribution in [0.15, 0.2) is 12.1 Å². The number of carboxylic acids is 1. The van der Waals surface area contributed by atoms with E-state index in [9.17, 15) is 9.59 Å². The zero-order valence-corrected chi connectivity index (χ0v) is 11.1. The van der Waals surface area contributed by atoms with Crippen molar-refractivity contribution in [2.24, 2.45) is 7.05 Å². The summed E-state index contributed by atoms with van der Waals surface area (Å²) < 4.78 is 1.79. The highest BCUT2D eigenvalue weighted by atomic mass is 16.4. The molecule has 100 valence electrons. The number of carbonyl (C=O) groups is 2. The number of aliphatic carboxylic acids is 1. The van der Waals surface area contributed by atoms with E-state index in [0.29, 0.717) is 12.1 Å². The van der Waals surface area contributed by atoms with Crippen molar-refractivity contribution >= 4 is 11.9 Å². The molecule has 2 N–H and O–H groups in total. The first-order chi connectivity index (χ1) is 8.45. The van der Waals surface area contributed by atoms with Gasteiger partial charge in [0.05, 0.1) is 6.42 Å². The topological polar surface area (TPSA) is 71.3 Å². The highest BCUT2D eigenvalue weighted by Crippen LogP contribution is 2.08. The van der Waals surface area contributed by atoms with Crippen molar-refractivity contribution in [3.63, 3.8) is 0 Å². The molecule has 1 amide bonds. The van der Waals surface area contributed by atoms with Gasteiger partial charge in [0.2, 0.25) is 0 Å². The quantitative estimate of drug-likeness (QED) is 0.809. The number of carboxylic acid groups (broad SMARTS) is 1. The van der Waals surface area contributed by atoms with Gasteiger partial charge in [0.25, 0.3) is 5.91 Å². The number of carbonyl (C=O) groups excluding carboxylic acids is 1. The lowest BCUT2D eigenvalue weighted by molar-refractivity contribution is -0.137. The monoisotopic (exact) mass is 252 g/mol. The molecule has 0 saturated heterocycles. The molecule has 5 nitrogen and oxygen atoms in total. The zero-order valence-electron chi connectivity index (χ0n) is 11.1. The molecule has 0 aliphatic rings. The Balaban J connectivity index is 2.72. The molecule has 1 rings (SSSR count). The van der Waals surface area contributed by atoms with Gasteiger partial charge in [-0.2, -0.15) is 0 Å². The molecule has 0 spiro atoms. The van der Waals surface area contributed by atoms with Crippen LogP contribution in [-0.4, -0.2) is 27.6 Å². The second kappa shape index (κ2) is 6.23. The van der Waals surface area contributed by atoms with Crippen molar-refractivity contribution in [1.82, 2.24) is 9.88 Å². The first-order valence-electron chi connectivity index (χ1n) is 6.10. The van der Waals surface area contributed by atoms with Gasteiger partial charge >= 0.3 is 5.97 Å². The average molecular weight is 252 g/mol. The number of nitrogens with zero attached hydrogens (tertiary/aromatic N) is 1. The lowest BCUT2D eigenvalue weighted by Gasteiger charge is -2.16. The first kappa shape index (κ1) is 14.3. The minimum atomic E-state index is -0.892. The van der Waals surface area contributed by atoms with Crippen LogP contribution in [0.4, 0.5) is 0 Å². The predicted octanol–water partition coefficient (Wildman–Crippen LogP) is 1.71. The highest BCUT2D eigenvalue weighted by Gasteiger charge is 2.18. The van der Waals surface area contributed by atoms with Crippen molar-refractivity contribution in [2.75, 3.05) is 0 Å². The van der Waals surface area contributed by atoms with Crippen molar-refractivity contribution in [3.05, 3.63) is 23.5 Å². The summed E-state index contributed by atoms with van der Waals surface area (Å²) in [5.74, 6) is -1.11. The summed E-state index contributed by atoms with van der Waals surface area (Å²) in [7, 11) is 1.82. The summed E-state index contributed by atoms with van der Waals surface area (Å²) in [4.78, 5) is 22.7. The molecular formula is C13H20N2O3. The first-order valence-corrected chi connectivity index (χ1v) is 6.10. The molecule has 0 radical (unpaired) electrons. The molecule has 0 bridgehead atoms. The minimum Gasteiger partial charge on any atom is -0.481 e. The van der Waals surface area contributed by atoms with E-state index < -0.39 is 5.97 Å². The van der Waals surface area contributed by atoms with E-state index in [1.165, 1.54) is 0 Å². The second-order valence-corrected chi connectivity index (χ2v) is 4.48. The third kappa shape index (κ3) is 3.61. The van der Waals surface area contributed by atoms with E-state index in [-0.39, 0.29) is 18.4 Å². The summed E-state index contributed by atoms with van der Waals surface area (Å²) in [5, 5.41) is 11.6. The van der Waals surface area contributed by atoms with Gasteiger partial charge in [-0.25, -0.2) is 0 Å².